The second kappa shape index (κ2) is 5.51. The molecule has 0 unspecified atom stereocenters. The van der Waals surface area contributed by atoms with E-state index in [1.165, 1.54) is 0 Å². The number of hydrogen-bond donors (Lipinski definition) is 2. The number of aliphatic hydroxyl groups is 1. The number of hydrogen-bond acceptors (Lipinski definition) is 2. The molecule has 0 bridgehead atoms. The highest BCUT2D eigenvalue weighted by atomic mass is 79.9. The van der Waals surface area contributed by atoms with Crippen molar-refractivity contribution in [1.29, 1.82) is 0 Å². The Balaban J connectivity index is 1.99. The lowest BCUT2D eigenvalue weighted by Crippen LogP contribution is -2.38. The zero-order valence-electron chi connectivity index (χ0n) is 9.40. The molecule has 0 aliphatic heterocycles. The van der Waals surface area contributed by atoms with Gasteiger partial charge in [-0.15, -0.1) is 0 Å². The monoisotopic (exact) mass is 298 g/mol. The van der Waals surface area contributed by atoms with Crippen molar-refractivity contribution in [2.75, 3.05) is 18.5 Å². The molecular weight excluding hydrogens is 284 g/mol. The first-order valence-corrected chi connectivity index (χ1v) is 6.44. The van der Waals surface area contributed by atoms with Crippen molar-refractivity contribution in [2.24, 2.45) is 0 Å². The second-order valence-electron chi connectivity index (χ2n) is 4.09. The summed E-state index contributed by atoms with van der Waals surface area (Å²) in [5.41, 5.74) is 0.757. The van der Waals surface area contributed by atoms with Crippen LogP contribution in [0.25, 0.3) is 0 Å². The molecule has 0 atom stereocenters. The van der Waals surface area contributed by atoms with E-state index in [4.69, 9.17) is 5.11 Å². The first kappa shape index (κ1) is 12.4. The normalized spacial score (nSPS) is 14.5. The fourth-order valence-electron chi connectivity index (χ4n) is 1.71. The van der Waals surface area contributed by atoms with Gasteiger partial charge in [-0.05, 0) is 31.0 Å². The number of aliphatic hydroxyl groups excluding tert-OH is 1. The van der Waals surface area contributed by atoms with Crippen LogP contribution in [0.4, 0.5) is 10.5 Å². The van der Waals surface area contributed by atoms with Crippen LogP contribution in [0.5, 0.6) is 0 Å². The van der Waals surface area contributed by atoms with E-state index in [9.17, 15) is 4.79 Å². The van der Waals surface area contributed by atoms with Crippen molar-refractivity contribution in [2.45, 2.75) is 18.9 Å². The Kier molecular flexibility index (Phi) is 4.02. The standard InChI is InChI=1S/C12H15BrN2O2/c13-9-2-1-3-10(8-9)14-12(17)15(6-7-16)11-4-5-11/h1-3,8,11,16H,4-7H2,(H,14,17). The van der Waals surface area contributed by atoms with Gasteiger partial charge in [-0.2, -0.15) is 0 Å². The summed E-state index contributed by atoms with van der Waals surface area (Å²) in [7, 11) is 0. The lowest BCUT2D eigenvalue weighted by atomic mass is 10.3. The van der Waals surface area contributed by atoms with E-state index in [1.807, 2.05) is 24.3 Å². The molecule has 2 rings (SSSR count). The molecule has 17 heavy (non-hydrogen) atoms. The molecule has 1 saturated carbocycles. The SMILES string of the molecule is O=C(Nc1cccc(Br)c1)N(CCO)C1CC1. The van der Waals surface area contributed by atoms with Crippen LogP contribution in [0.1, 0.15) is 12.8 Å². The van der Waals surface area contributed by atoms with E-state index in [1.54, 1.807) is 4.90 Å². The highest BCUT2D eigenvalue weighted by molar-refractivity contribution is 9.10. The smallest absolute Gasteiger partial charge is 0.322 e. The van der Waals surface area contributed by atoms with Crippen LogP contribution in [-0.4, -0.2) is 35.2 Å². The summed E-state index contributed by atoms with van der Waals surface area (Å²) in [6.07, 6.45) is 2.07. The highest BCUT2D eigenvalue weighted by Crippen LogP contribution is 2.27. The van der Waals surface area contributed by atoms with Gasteiger partial charge in [0.25, 0.3) is 0 Å². The van der Waals surface area contributed by atoms with Crippen molar-refractivity contribution < 1.29 is 9.90 Å². The van der Waals surface area contributed by atoms with Crippen LogP contribution in [-0.2, 0) is 0 Å². The number of nitrogens with zero attached hydrogens (tertiary/aromatic N) is 1. The predicted octanol–water partition coefficient (Wildman–Crippen LogP) is 2.44. The molecule has 1 aromatic rings. The highest BCUT2D eigenvalue weighted by Gasteiger charge is 2.32. The Hall–Kier alpha value is -1.07. The van der Waals surface area contributed by atoms with Gasteiger partial charge in [-0.1, -0.05) is 22.0 Å². The molecule has 1 fully saturated rings. The molecule has 4 nitrogen and oxygen atoms in total. The number of carbonyl (C=O) groups is 1. The summed E-state index contributed by atoms with van der Waals surface area (Å²) >= 11 is 3.36. The number of rotatable bonds is 4. The molecule has 2 amide bonds. The Bertz CT molecular complexity index is 407. The summed E-state index contributed by atoms with van der Waals surface area (Å²) in [4.78, 5) is 13.7. The zero-order chi connectivity index (χ0) is 12.3. The summed E-state index contributed by atoms with van der Waals surface area (Å²) in [6.45, 7) is 0.396. The fourth-order valence-corrected chi connectivity index (χ4v) is 2.10. The maximum atomic E-state index is 12.0. The minimum absolute atomic E-state index is 0.00239. The van der Waals surface area contributed by atoms with Crippen LogP contribution in [0, 0.1) is 0 Å². The van der Waals surface area contributed by atoms with Gasteiger partial charge in [-0.3, -0.25) is 0 Å². The third-order valence-electron chi connectivity index (χ3n) is 2.67. The van der Waals surface area contributed by atoms with Gasteiger partial charge in [0.2, 0.25) is 0 Å². The maximum absolute atomic E-state index is 12.0. The lowest BCUT2D eigenvalue weighted by molar-refractivity contribution is 0.185. The van der Waals surface area contributed by atoms with Crippen molar-refractivity contribution in [3.05, 3.63) is 28.7 Å². The fraction of sp³-hybridized carbons (Fsp3) is 0.417. The van der Waals surface area contributed by atoms with Crippen molar-refractivity contribution in [1.82, 2.24) is 4.90 Å². The van der Waals surface area contributed by atoms with E-state index in [-0.39, 0.29) is 12.6 Å². The first-order chi connectivity index (χ1) is 8.20. The number of carbonyl (C=O) groups excluding carboxylic acids is 1. The first-order valence-electron chi connectivity index (χ1n) is 5.65. The molecule has 0 heterocycles. The largest absolute Gasteiger partial charge is 0.395 e. The molecule has 5 heteroatoms. The predicted molar refractivity (Wildman–Crippen MR) is 70.0 cm³/mol. The Morgan fingerprint density at radius 1 is 1.53 bits per heavy atom. The number of urea groups is 1. The molecule has 2 N–H and O–H groups in total. The quantitative estimate of drug-likeness (QED) is 0.897. The lowest BCUT2D eigenvalue weighted by Gasteiger charge is -2.21. The number of nitrogens with one attached hydrogen (secondary N) is 1. The number of benzene rings is 1. The molecule has 1 aliphatic carbocycles. The van der Waals surface area contributed by atoms with Crippen LogP contribution in [0.3, 0.4) is 0 Å². The van der Waals surface area contributed by atoms with Crippen molar-refractivity contribution in [3.8, 4) is 0 Å². The molecular formula is C12H15BrN2O2. The summed E-state index contributed by atoms with van der Waals surface area (Å²) in [6, 6.07) is 7.62. The third-order valence-corrected chi connectivity index (χ3v) is 3.16. The van der Waals surface area contributed by atoms with E-state index < -0.39 is 0 Å². The maximum Gasteiger partial charge on any atom is 0.322 e. The van der Waals surface area contributed by atoms with Crippen LogP contribution in [0.2, 0.25) is 0 Å². The van der Waals surface area contributed by atoms with Gasteiger partial charge < -0.3 is 15.3 Å². The van der Waals surface area contributed by atoms with Gasteiger partial charge in [0.05, 0.1) is 6.61 Å². The zero-order valence-corrected chi connectivity index (χ0v) is 11.0. The summed E-state index contributed by atoms with van der Waals surface area (Å²) in [5, 5.41) is 11.8. The average molecular weight is 299 g/mol. The minimum Gasteiger partial charge on any atom is -0.395 e. The van der Waals surface area contributed by atoms with Gasteiger partial charge in [0.1, 0.15) is 0 Å². The van der Waals surface area contributed by atoms with E-state index in [0.29, 0.717) is 12.6 Å². The minimum atomic E-state index is -0.139. The Labute approximate surface area is 109 Å². The van der Waals surface area contributed by atoms with Crippen LogP contribution in [0.15, 0.2) is 28.7 Å². The number of halogens is 1. The summed E-state index contributed by atoms with van der Waals surface area (Å²) in [5.74, 6) is 0. The molecule has 92 valence electrons. The van der Waals surface area contributed by atoms with E-state index in [0.717, 1.165) is 23.0 Å². The number of amides is 2. The van der Waals surface area contributed by atoms with Gasteiger partial charge >= 0.3 is 6.03 Å². The average Bonchev–Trinajstić information content (AvgIpc) is 3.09. The van der Waals surface area contributed by atoms with Crippen LogP contribution >= 0.6 is 15.9 Å². The van der Waals surface area contributed by atoms with Crippen molar-refractivity contribution in [3.63, 3.8) is 0 Å². The summed E-state index contributed by atoms with van der Waals surface area (Å²) < 4.78 is 0.926. The van der Waals surface area contributed by atoms with E-state index >= 15 is 0 Å². The van der Waals surface area contributed by atoms with Crippen LogP contribution < -0.4 is 5.32 Å². The molecule has 0 saturated heterocycles. The second-order valence-corrected chi connectivity index (χ2v) is 5.00. The molecule has 1 aromatic carbocycles. The molecule has 0 radical (unpaired) electrons. The van der Waals surface area contributed by atoms with Gasteiger partial charge in [-0.25, -0.2) is 4.79 Å². The molecule has 1 aliphatic rings. The Morgan fingerprint density at radius 2 is 2.29 bits per heavy atom. The molecule has 0 spiro atoms. The van der Waals surface area contributed by atoms with Crippen molar-refractivity contribution >= 4 is 27.6 Å². The number of anilines is 1. The topological polar surface area (TPSA) is 52.6 Å². The third kappa shape index (κ3) is 3.44. The Morgan fingerprint density at radius 3 is 2.88 bits per heavy atom. The molecule has 0 aromatic heterocycles. The van der Waals surface area contributed by atoms with E-state index in [2.05, 4.69) is 21.2 Å². The van der Waals surface area contributed by atoms with Gasteiger partial charge in [0, 0.05) is 22.7 Å². The van der Waals surface area contributed by atoms with Gasteiger partial charge in [0.15, 0.2) is 0 Å².